The molecule has 2 atom stereocenters. The van der Waals surface area contributed by atoms with Gasteiger partial charge in [0, 0.05) is 28.7 Å². The van der Waals surface area contributed by atoms with Crippen LogP contribution in [0.2, 0.25) is 10.0 Å². The standard InChI is InChI=1S/C14H20Cl2N2/c1-10-5-6-18(8-11(10)7-17)9-12-13(15)3-2-4-14(12)16/h2-4,10-11H,5-9,17H2,1H3. The Balaban J connectivity index is 2.06. The molecule has 100 valence electrons. The zero-order valence-corrected chi connectivity index (χ0v) is 12.2. The van der Waals surface area contributed by atoms with Crippen LogP contribution in [0, 0.1) is 11.8 Å². The summed E-state index contributed by atoms with van der Waals surface area (Å²) in [6.45, 7) is 6.01. The van der Waals surface area contributed by atoms with E-state index < -0.39 is 0 Å². The maximum atomic E-state index is 6.21. The molecular formula is C14H20Cl2N2. The number of halogens is 2. The number of hydrogen-bond donors (Lipinski definition) is 1. The van der Waals surface area contributed by atoms with Gasteiger partial charge in [0.1, 0.15) is 0 Å². The Morgan fingerprint density at radius 1 is 1.33 bits per heavy atom. The lowest BCUT2D eigenvalue weighted by atomic mass is 9.87. The first-order chi connectivity index (χ1) is 8.61. The number of rotatable bonds is 3. The highest BCUT2D eigenvalue weighted by Crippen LogP contribution is 2.29. The van der Waals surface area contributed by atoms with Crippen LogP contribution in [0.25, 0.3) is 0 Å². The summed E-state index contributed by atoms with van der Waals surface area (Å²) in [5.41, 5.74) is 6.86. The molecule has 0 bridgehead atoms. The van der Waals surface area contributed by atoms with Gasteiger partial charge in [0.15, 0.2) is 0 Å². The van der Waals surface area contributed by atoms with E-state index in [2.05, 4.69) is 11.8 Å². The van der Waals surface area contributed by atoms with Crippen molar-refractivity contribution in [3.63, 3.8) is 0 Å². The van der Waals surface area contributed by atoms with E-state index >= 15 is 0 Å². The zero-order valence-electron chi connectivity index (χ0n) is 10.7. The van der Waals surface area contributed by atoms with E-state index in [0.29, 0.717) is 11.8 Å². The number of likely N-dealkylation sites (tertiary alicyclic amines) is 1. The lowest BCUT2D eigenvalue weighted by Gasteiger charge is -2.36. The Morgan fingerprint density at radius 2 is 2.00 bits per heavy atom. The minimum absolute atomic E-state index is 0.583. The van der Waals surface area contributed by atoms with Crippen molar-refractivity contribution in [1.29, 1.82) is 0 Å². The van der Waals surface area contributed by atoms with Gasteiger partial charge in [-0.25, -0.2) is 0 Å². The van der Waals surface area contributed by atoms with Gasteiger partial charge in [0.05, 0.1) is 0 Å². The molecule has 1 aromatic rings. The Bertz CT molecular complexity index is 389. The highest BCUT2D eigenvalue weighted by molar-refractivity contribution is 6.35. The van der Waals surface area contributed by atoms with Gasteiger partial charge < -0.3 is 5.73 Å². The third-order valence-corrected chi connectivity index (χ3v) is 4.65. The molecule has 2 N–H and O–H groups in total. The first kappa shape index (κ1) is 14.1. The van der Waals surface area contributed by atoms with Crippen LogP contribution >= 0.6 is 23.2 Å². The molecule has 1 aromatic carbocycles. The molecule has 18 heavy (non-hydrogen) atoms. The van der Waals surface area contributed by atoms with Gasteiger partial charge in [-0.15, -0.1) is 0 Å². The Hall–Kier alpha value is -0.280. The number of benzene rings is 1. The highest BCUT2D eigenvalue weighted by atomic mass is 35.5. The SMILES string of the molecule is CC1CCN(Cc2c(Cl)cccc2Cl)CC1CN. The molecule has 2 unspecified atom stereocenters. The van der Waals surface area contributed by atoms with E-state index in [4.69, 9.17) is 28.9 Å². The molecule has 0 radical (unpaired) electrons. The summed E-state index contributed by atoms with van der Waals surface area (Å²) in [4.78, 5) is 2.41. The van der Waals surface area contributed by atoms with Gasteiger partial charge in [0.25, 0.3) is 0 Å². The largest absolute Gasteiger partial charge is 0.330 e. The maximum Gasteiger partial charge on any atom is 0.0465 e. The summed E-state index contributed by atoms with van der Waals surface area (Å²) < 4.78 is 0. The summed E-state index contributed by atoms with van der Waals surface area (Å²) >= 11 is 12.4. The highest BCUT2D eigenvalue weighted by Gasteiger charge is 2.25. The van der Waals surface area contributed by atoms with E-state index in [0.717, 1.165) is 41.8 Å². The summed E-state index contributed by atoms with van der Waals surface area (Å²) in [6.07, 6.45) is 1.20. The topological polar surface area (TPSA) is 29.3 Å². The predicted molar refractivity (Wildman–Crippen MR) is 78.1 cm³/mol. The van der Waals surface area contributed by atoms with Crippen LogP contribution in [0.5, 0.6) is 0 Å². The number of nitrogens with two attached hydrogens (primary N) is 1. The zero-order chi connectivity index (χ0) is 13.1. The first-order valence-electron chi connectivity index (χ1n) is 6.47. The Labute approximate surface area is 119 Å². The van der Waals surface area contributed by atoms with Crippen LogP contribution in [0.3, 0.4) is 0 Å². The molecular weight excluding hydrogens is 267 g/mol. The fourth-order valence-corrected chi connectivity index (χ4v) is 3.10. The fraction of sp³-hybridized carbons (Fsp3) is 0.571. The summed E-state index contributed by atoms with van der Waals surface area (Å²) in [5.74, 6) is 1.30. The lowest BCUT2D eigenvalue weighted by molar-refractivity contribution is 0.126. The molecule has 0 amide bonds. The number of nitrogens with zero attached hydrogens (tertiary/aromatic N) is 1. The third-order valence-electron chi connectivity index (χ3n) is 3.94. The summed E-state index contributed by atoms with van der Waals surface area (Å²) in [5, 5.41) is 1.51. The van der Waals surface area contributed by atoms with E-state index in [-0.39, 0.29) is 0 Å². The molecule has 1 fully saturated rings. The molecule has 1 aliphatic heterocycles. The maximum absolute atomic E-state index is 6.21. The molecule has 1 heterocycles. The molecule has 0 aliphatic carbocycles. The second-order valence-electron chi connectivity index (χ2n) is 5.20. The summed E-state index contributed by atoms with van der Waals surface area (Å²) in [7, 11) is 0. The fourth-order valence-electron chi connectivity index (χ4n) is 2.58. The Morgan fingerprint density at radius 3 is 2.61 bits per heavy atom. The smallest absolute Gasteiger partial charge is 0.0465 e. The van der Waals surface area contributed by atoms with Crippen molar-refractivity contribution in [2.75, 3.05) is 19.6 Å². The van der Waals surface area contributed by atoms with Crippen molar-refractivity contribution in [3.05, 3.63) is 33.8 Å². The van der Waals surface area contributed by atoms with Crippen LogP contribution in [0.1, 0.15) is 18.9 Å². The van der Waals surface area contributed by atoms with Gasteiger partial charge in [-0.05, 0) is 43.5 Å². The minimum atomic E-state index is 0.583. The van der Waals surface area contributed by atoms with Crippen LogP contribution in [0.15, 0.2) is 18.2 Å². The second-order valence-corrected chi connectivity index (χ2v) is 6.01. The van der Waals surface area contributed by atoms with E-state index in [1.54, 1.807) is 0 Å². The average molecular weight is 287 g/mol. The average Bonchev–Trinajstić information content (AvgIpc) is 2.36. The number of hydrogen-bond acceptors (Lipinski definition) is 2. The minimum Gasteiger partial charge on any atom is -0.330 e. The van der Waals surface area contributed by atoms with Crippen molar-refractivity contribution in [2.24, 2.45) is 17.6 Å². The van der Waals surface area contributed by atoms with Gasteiger partial charge in [0.2, 0.25) is 0 Å². The molecule has 1 aliphatic rings. The lowest BCUT2D eigenvalue weighted by Crippen LogP contribution is -2.42. The quantitative estimate of drug-likeness (QED) is 0.923. The van der Waals surface area contributed by atoms with Crippen molar-refractivity contribution in [3.8, 4) is 0 Å². The van der Waals surface area contributed by atoms with E-state index in [1.165, 1.54) is 6.42 Å². The molecule has 0 spiro atoms. The molecule has 2 nitrogen and oxygen atoms in total. The van der Waals surface area contributed by atoms with Crippen molar-refractivity contribution in [2.45, 2.75) is 19.9 Å². The van der Waals surface area contributed by atoms with Gasteiger partial charge in [-0.1, -0.05) is 36.2 Å². The normalized spacial score (nSPS) is 25.3. The summed E-state index contributed by atoms with van der Waals surface area (Å²) in [6, 6.07) is 5.68. The monoisotopic (exact) mass is 286 g/mol. The molecule has 2 rings (SSSR count). The first-order valence-corrected chi connectivity index (χ1v) is 7.22. The van der Waals surface area contributed by atoms with Crippen LogP contribution in [0.4, 0.5) is 0 Å². The van der Waals surface area contributed by atoms with E-state index in [9.17, 15) is 0 Å². The van der Waals surface area contributed by atoms with Crippen molar-refractivity contribution >= 4 is 23.2 Å². The van der Waals surface area contributed by atoms with Gasteiger partial charge >= 0.3 is 0 Å². The van der Waals surface area contributed by atoms with E-state index in [1.807, 2.05) is 18.2 Å². The molecule has 0 saturated carbocycles. The van der Waals surface area contributed by atoms with Gasteiger partial charge in [-0.2, -0.15) is 0 Å². The predicted octanol–water partition coefficient (Wildman–Crippen LogP) is 3.41. The van der Waals surface area contributed by atoms with Crippen LogP contribution in [-0.4, -0.2) is 24.5 Å². The molecule has 0 aromatic heterocycles. The second kappa shape index (κ2) is 6.25. The van der Waals surface area contributed by atoms with Crippen molar-refractivity contribution < 1.29 is 0 Å². The number of piperidine rings is 1. The van der Waals surface area contributed by atoms with Crippen molar-refractivity contribution in [1.82, 2.24) is 4.90 Å². The Kier molecular flexibility index (Phi) is 4.91. The third kappa shape index (κ3) is 3.18. The van der Waals surface area contributed by atoms with Gasteiger partial charge in [-0.3, -0.25) is 4.90 Å². The molecule has 1 saturated heterocycles. The molecule has 4 heteroatoms. The van der Waals surface area contributed by atoms with Crippen LogP contribution in [-0.2, 0) is 6.54 Å². The van der Waals surface area contributed by atoms with Crippen LogP contribution < -0.4 is 5.73 Å².